The van der Waals surface area contributed by atoms with Crippen LogP contribution >= 0.6 is 0 Å². The van der Waals surface area contributed by atoms with Crippen molar-refractivity contribution in [2.45, 2.75) is 113 Å². The van der Waals surface area contributed by atoms with Gasteiger partial charge in [0.05, 0.1) is 19.4 Å². The molecule has 0 radical (unpaired) electrons. The summed E-state index contributed by atoms with van der Waals surface area (Å²) in [6.07, 6.45) is -1.15. The van der Waals surface area contributed by atoms with E-state index in [0.29, 0.717) is 5.56 Å². The second-order valence-electron chi connectivity index (χ2n) is 13.1. The van der Waals surface area contributed by atoms with E-state index in [1.54, 1.807) is 19.9 Å². The maximum absolute atomic E-state index is 12.7. The summed E-state index contributed by atoms with van der Waals surface area (Å²) in [4.78, 5) is 49.7. The molecule has 0 spiro atoms. The van der Waals surface area contributed by atoms with Crippen LogP contribution < -0.4 is 15.2 Å². The molecular weight excluding hydrogens is 530 g/mol. The van der Waals surface area contributed by atoms with Crippen molar-refractivity contribution in [3.63, 3.8) is 0 Å². The number of hydrogen-bond acceptors (Lipinski definition) is 10. The van der Waals surface area contributed by atoms with Gasteiger partial charge >= 0.3 is 24.1 Å². The standard InChI is InChI=1S/C31H49NO9/c1-11-19(2)18-37-29(36)39-21(4)20(3)38-28(35)23(32)14-22-12-13-24(40-26(33)16-30(5,6)7)25(15-22)41-27(34)17-31(8,9)10/h12-13,15,19-21,23H,11,14,16-18,32H2,1-10H3/t19?,20-,21-,23-/m0/s1. The molecule has 0 saturated carbocycles. The lowest BCUT2D eigenvalue weighted by atomic mass is 9.92. The Bertz CT molecular complexity index is 1040. The van der Waals surface area contributed by atoms with Gasteiger partial charge in [0, 0.05) is 0 Å². The molecule has 0 aromatic heterocycles. The Kier molecular flexibility index (Phi) is 13.8. The first-order valence-corrected chi connectivity index (χ1v) is 14.1. The highest BCUT2D eigenvalue weighted by molar-refractivity contribution is 5.78. The number of carbonyl (C=O) groups excluding carboxylic acids is 4. The van der Waals surface area contributed by atoms with Crippen LogP contribution in [0.25, 0.3) is 0 Å². The quantitative estimate of drug-likeness (QED) is 0.226. The minimum Gasteiger partial charge on any atom is -0.458 e. The van der Waals surface area contributed by atoms with Crippen LogP contribution in [0.4, 0.5) is 4.79 Å². The molecule has 0 amide bonds. The van der Waals surface area contributed by atoms with Gasteiger partial charge in [-0.05, 0) is 54.7 Å². The van der Waals surface area contributed by atoms with Gasteiger partial charge < -0.3 is 29.4 Å². The maximum atomic E-state index is 12.7. The van der Waals surface area contributed by atoms with Crippen LogP contribution in [0.3, 0.4) is 0 Å². The number of hydrogen-bond donors (Lipinski definition) is 1. The summed E-state index contributed by atoms with van der Waals surface area (Å²) in [5.74, 6) is -1.29. The monoisotopic (exact) mass is 579 g/mol. The molecule has 10 heteroatoms. The van der Waals surface area contributed by atoms with Crippen molar-refractivity contribution in [3.05, 3.63) is 23.8 Å². The second-order valence-corrected chi connectivity index (χ2v) is 13.1. The SMILES string of the molecule is CCC(C)COC(=O)O[C@@H](C)[C@H](C)OC(=O)[C@@H](N)Cc1ccc(OC(=O)CC(C)(C)C)c(OC(=O)CC(C)(C)C)c1. The van der Waals surface area contributed by atoms with Crippen molar-refractivity contribution in [3.8, 4) is 11.5 Å². The maximum Gasteiger partial charge on any atom is 0.508 e. The van der Waals surface area contributed by atoms with E-state index in [1.807, 2.05) is 55.4 Å². The van der Waals surface area contributed by atoms with E-state index >= 15 is 0 Å². The van der Waals surface area contributed by atoms with Crippen molar-refractivity contribution in [1.82, 2.24) is 0 Å². The lowest BCUT2D eigenvalue weighted by Crippen LogP contribution is -2.39. The second kappa shape index (κ2) is 15.7. The predicted octanol–water partition coefficient (Wildman–Crippen LogP) is 5.76. The summed E-state index contributed by atoms with van der Waals surface area (Å²) in [7, 11) is 0. The Hall–Kier alpha value is -3.14. The molecule has 0 aliphatic carbocycles. The van der Waals surface area contributed by atoms with Crippen LogP contribution in [0.15, 0.2) is 18.2 Å². The summed E-state index contributed by atoms with van der Waals surface area (Å²) < 4.78 is 26.8. The van der Waals surface area contributed by atoms with E-state index in [4.69, 9.17) is 29.4 Å². The van der Waals surface area contributed by atoms with E-state index < -0.39 is 42.3 Å². The van der Waals surface area contributed by atoms with Crippen LogP contribution in [-0.2, 0) is 35.0 Å². The summed E-state index contributed by atoms with van der Waals surface area (Å²) in [5, 5.41) is 0. The third-order valence-electron chi connectivity index (χ3n) is 5.99. The first-order valence-electron chi connectivity index (χ1n) is 14.1. The number of esters is 3. The molecule has 1 rings (SSSR count). The fourth-order valence-corrected chi connectivity index (χ4v) is 3.34. The average Bonchev–Trinajstić information content (AvgIpc) is 2.81. The minimum absolute atomic E-state index is 0.0534. The lowest BCUT2D eigenvalue weighted by molar-refractivity contribution is -0.155. The average molecular weight is 580 g/mol. The molecule has 1 aromatic rings. The molecule has 2 N–H and O–H groups in total. The summed E-state index contributed by atoms with van der Waals surface area (Å²) in [6.45, 7) is 18.8. The molecule has 1 aromatic carbocycles. The number of ether oxygens (including phenoxy) is 5. The highest BCUT2D eigenvalue weighted by atomic mass is 16.7. The van der Waals surface area contributed by atoms with E-state index in [1.165, 1.54) is 12.1 Å². The minimum atomic E-state index is -1.06. The van der Waals surface area contributed by atoms with Crippen LogP contribution in [0.2, 0.25) is 0 Å². The Morgan fingerprint density at radius 1 is 0.805 bits per heavy atom. The van der Waals surface area contributed by atoms with Gasteiger partial charge in [-0.2, -0.15) is 0 Å². The molecule has 0 saturated heterocycles. The Balaban J connectivity index is 2.92. The zero-order valence-corrected chi connectivity index (χ0v) is 26.3. The van der Waals surface area contributed by atoms with E-state index in [-0.39, 0.29) is 54.1 Å². The molecule has 0 aliphatic rings. The van der Waals surface area contributed by atoms with Gasteiger partial charge in [0.2, 0.25) is 0 Å². The number of carbonyl (C=O) groups is 4. The van der Waals surface area contributed by atoms with Crippen molar-refractivity contribution in [2.75, 3.05) is 6.61 Å². The van der Waals surface area contributed by atoms with Crippen molar-refractivity contribution in [2.24, 2.45) is 22.5 Å². The largest absolute Gasteiger partial charge is 0.508 e. The Labute approximate surface area is 244 Å². The van der Waals surface area contributed by atoms with Gasteiger partial charge in [-0.1, -0.05) is 67.9 Å². The molecule has 10 nitrogen and oxygen atoms in total. The normalized spacial score (nSPS) is 14.7. The first-order chi connectivity index (χ1) is 18.8. The van der Waals surface area contributed by atoms with Crippen molar-refractivity contribution < 1.29 is 42.9 Å². The van der Waals surface area contributed by atoms with E-state index in [2.05, 4.69) is 0 Å². The molecule has 0 fully saturated rings. The highest BCUT2D eigenvalue weighted by Crippen LogP contribution is 2.32. The van der Waals surface area contributed by atoms with Gasteiger partial charge in [0.1, 0.15) is 18.2 Å². The van der Waals surface area contributed by atoms with E-state index in [9.17, 15) is 19.2 Å². The molecular formula is C31H49NO9. The van der Waals surface area contributed by atoms with Crippen LogP contribution in [0.1, 0.15) is 94.1 Å². The predicted molar refractivity (Wildman–Crippen MR) is 154 cm³/mol. The summed E-state index contributed by atoms with van der Waals surface area (Å²) in [5.41, 5.74) is 6.08. The van der Waals surface area contributed by atoms with Crippen LogP contribution in [0.5, 0.6) is 11.5 Å². The fourth-order valence-electron chi connectivity index (χ4n) is 3.34. The van der Waals surface area contributed by atoms with Crippen molar-refractivity contribution in [1.29, 1.82) is 0 Å². The smallest absolute Gasteiger partial charge is 0.458 e. The Morgan fingerprint density at radius 3 is 1.83 bits per heavy atom. The summed E-state index contributed by atoms with van der Waals surface area (Å²) >= 11 is 0. The van der Waals surface area contributed by atoms with Gasteiger partial charge in [-0.15, -0.1) is 0 Å². The molecule has 1 unspecified atom stereocenters. The topological polar surface area (TPSA) is 140 Å². The van der Waals surface area contributed by atoms with Gasteiger partial charge in [-0.3, -0.25) is 14.4 Å². The molecule has 232 valence electrons. The summed E-state index contributed by atoms with van der Waals surface area (Å²) in [6, 6.07) is 3.61. The highest BCUT2D eigenvalue weighted by Gasteiger charge is 2.26. The number of rotatable bonds is 13. The zero-order valence-electron chi connectivity index (χ0n) is 26.3. The van der Waals surface area contributed by atoms with Crippen molar-refractivity contribution >= 4 is 24.1 Å². The third kappa shape index (κ3) is 14.9. The molecule has 41 heavy (non-hydrogen) atoms. The lowest BCUT2D eigenvalue weighted by Gasteiger charge is -2.22. The van der Waals surface area contributed by atoms with Gasteiger partial charge in [-0.25, -0.2) is 4.79 Å². The zero-order chi connectivity index (χ0) is 31.5. The molecule has 0 aliphatic heterocycles. The molecule has 0 bridgehead atoms. The van der Waals surface area contributed by atoms with Crippen LogP contribution in [0, 0.1) is 16.7 Å². The number of nitrogens with two attached hydrogens (primary N) is 1. The molecule has 0 heterocycles. The fraction of sp³-hybridized carbons (Fsp3) is 0.677. The first kappa shape index (κ1) is 35.9. The van der Waals surface area contributed by atoms with E-state index in [0.717, 1.165) is 6.42 Å². The molecule has 4 atom stereocenters. The van der Waals surface area contributed by atoms with Gasteiger partial charge in [0.15, 0.2) is 11.5 Å². The number of benzene rings is 1. The third-order valence-corrected chi connectivity index (χ3v) is 5.99. The van der Waals surface area contributed by atoms with Crippen LogP contribution in [-0.4, -0.2) is 48.9 Å². The van der Waals surface area contributed by atoms with Gasteiger partial charge in [0.25, 0.3) is 0 Å². The Morgan fingerprint density at radius 2 is 1.32 bits per heavy atom.